The number of hydrogen-bond acceptors (Lipinski definition) is 2. The topological polar surface area (TPSA) is 57.5 Å². The Morgan fingerprint density at radius 2 is 0.850 bits per heavy atom. The van der Waals surface area contributed by atoms with Crippen LogP contribution in [0, 0.1) is 0 Å². The van der Waals surface area contributed by atoms with Gasteiger partial charge < -0.3 is 10.2 Å². The zero-order valence-corrected chi connectivity index (χ0v) is 13.1. The zero-order valence-electron chi connectivity index (χ0n) is 13.1. The minimum Gasteiger partial charge on any atom is -0.481 e. The van der Waals surface area contributed by atoms with Crippen LogP contribution in [-0.2, 0) is 4.79 Å². The highest BCUT2D eigenvalue weighted by molar-refractivity contribution is 5.66. The average Bonchev–Trinajstić information content (AvgIpc) is 2.43. The second-order valence-corrected chi connectivity index (χ2v) is 5.82. The van der Waals surface area contributed by atoms with Crippen LogP contribution >= 0.6 is 0 Å². The Labute approximate surface area is 124 Å². The third-order valence-corrected chi connectivity index (χ3v) is 3.80. The number of aliphatic hydroxyl groups is 1. The van der Waals surface area contributed by atoms with E-state index in [2.05, 4.69) is 0 Å². The Morgan fingerprint density at radius 3 is 1.15 bits per heavy atom. The van der Waals surface area contributed by atoms with Crippen molar-refractivity contribution in [1.82, 2.24) is 0 Å². The largest absolute Gasteiger partial charge is 0.481 e. The van der Waals surface area contributed by atoms with Gasteiger partial charge in [0.15, 0.2) is 0 Å². The van der Waals surface area contributed by atoms with Crippen LogP contribution in [0.25, 0.3) is 0 Å². The van der Waals surface area contributed by atoms with Crippen LogP contribution < -0.4 is 0 Å². The fraction of sp³-hybridized carbons (Fsp3) is 0.941. The summed E-state index contributed by atoms with van der Waals surface area (Å²) in [5, 5.41) is 17.2. The van der Waals surface area contributed by atoms with E-state index in [1.807, 2.05) is 0 Å². The third kappa shape index (κ3) is 17.4. The van der Waals surface area contributed by atoms with E-state index in [1.54, 1.807) is 0 Å². The Balaban J connectivity index is 2.94. The average molecular weight is 286 g/mol. The van der Waals surface area contributed by atoms with E-state index in [1.165, 1.54) is 70.6 Å². The summed E-state index contributed by atoms with van der Waals surface area (Å²) in [5.41, 5.74) is 0. The number of hydrogen-bond donors (Lipinski definition) is 2. The highest BCUT2D eigenvalue weighted by atomic mass is 16.4. The molecule has 0 saturated carbocycles. The maximum atomic E-state index is 10.3. The highest BCUT2D eigenvalue weighted by Gasteiger charge is 1.97. The summed E-state index contributed by atoms with van der Waals surface area (Å²) >= 11 is 0. The first-order chi connectivity index (χ1) is 9.77. The maximum Gasteiger partial charge on any atom is 0.303 e. The SMILES string of the molecule is O=C(O)CCCCCCCCCCCCCCCCO. The number of aliphatic carboxylic acids is 1. The van der Waals surface area contributed by atoms with Crippen molar-refractivity contribution >= 4 is 5.97 Å². The van der Waals surface area contributed by atoms with Crippen molar-refractivity contribution in [2.24, 2.45) is 0 Å². The molecular weight excluding hydrogens is 252 g/mol. The maximum absolute atomic E-state index is 10.3. The molecule has 0 amide bonds. The summed E-state index contributed by atoms with van der Waals surface area (Å²) < 4.78 is 0. The highest BCUT2D eigenvalue weighted by Crippen LogP contribution is 2.13. The molecule has 0 bridgehead atoms. The van der Waals surface area contributed by atoms with Crippen LogP contribution in [0.15, 0.2) is 0 Å². The number of carboxylic acid groups (broad SMARTS) is 1. The lowest BCUT2D eigenvalue weighted by Crippen LogP contribution is -1.93. The second kappa shape index (κ2) is 16.5. The first-order valence-electron chi connectivity index (χ1n) is 8.60. The molecule has 0 heterocycles. The molecule has 3 nitrogen and oxygen atoms in total. The van der Waals surface area contributed by atoms with E-state index in [4.69, 9.17) is 10.2 Å². The minimum atomic E-state index is -0.665. The normalized spacial score (nSPS) is 10.8. The second-order valence-electron chi connectivity index (χ2n) is 5.82. The molecule has 0 rings (SSSR count). The van der Waals surface area contributed by atoms with Crippen LogP contribution in [0.5, 0.6) is 0 Å². The van der Waals surface area contributed by atoms with Crippen LogP contribution in [0.1, 0.15) is 96.3 Å². The van der Waals surface area contributed by atoms with Crippen LogP contribution in [0.3, 0.4) is 0 Å². The van der Waals surface area contributed by atoms with Crippen molar-refractivity contribution < 1.29 is 15.0 Å². The number of carboxylic acids is 1. The van der Waals surface area contributed by atoms with E-state index in [0.717, 1.165) is 19.3 Å². The molecule has 0 aromatic heterocycles. The molecule has 0 spiro atoms. The van der Waals surface area contributed by atoms with Gasteiger partial charge in [-0.2, -0.15) is 0 Å². The first kappa shape index (κ1) is 19.4. The quantitative estimate of drug-likeness (QED) is 0.396. The van der Waals surface area contributed by atoms with Crippen LogP contribution in [0.4, 0.5) is 0 Å². The monoisotopic (exact) mass is 286 g/mol. The summed E-state index contributed by atoms with van der Waals surface area (Å²) in [7, 11) is 0. The van der Waals surface area contributed by atoms with E-state index < -0.39 is 5.97 Å². The molecule has 0 aliphatic heterocycles. The Bertz CT molecular complexity index is 204. The smallest absolute Gasteiger partial charge is 0.303 e. The fourth-order valence-corrected chi connectivity index (χ4v) is 2.51. The molecule has 0 radical (unpaired) electrons. The van der Waals surface area contributed by atoms with Gasteiger partial charge in [-0.1, -0.05) is 77.0 Å². The molecule has 0 aromatic carbocycles. The molecule has 0 aromatic rings. The first-order valence-corrected chi connectivity index (χ1v) is 8.60. The molecule has 0 unspecified atom stereocenters. The van der Waals surface area contributed by atoms with Gasteiger partial charge in [0, 0.05) is 13.0 Å². The van der Waals surface area contributed by atoms with Crippen LogP contribution in [0.2, 0.25) is 0 Å². The molecule has 0 aliphatic carbocycles. The van der Waals surface area contributed by atoms with Crippen molar-refractivity contribution in [2.75, 3.05) is 6.61 Å². The lowest BCUT2D eigenvalue weighted by atomic mass is 10.0. The predicted octanol–water partition coefficient (Wildman–Crippen LogP) is 4.91. The van der Waals surface area contributed by atoms with Crippen molar-refractivity contribution in [3.8, 4) is 0 Å². The van der Waals surface area contributed by atoms with Gasteiger partial charge in [-0.15, -0.1) is 0 Å². The van der Waals surface area contributed by atoms with E-state index >= 15 is 0 Å². The predicted molar refractivity (Wildman–Crippen MR) is 84.0 cm³/mol. The summed E-state index contributed by atoms with van der Waals surface area (Å²) in [5.74, 6) is -0.665. The standard InChI is InChI=1S/C17H34O3/c18-16-14-12-10-8-6-4-2-1-3-5-7-9-11-13-15-17(19)20/h18H,1-16H2,(H,19,20). The van der Waals surface area contributed by atoms with E-state index in [0.29, 0.717) is 13.0 Å². The molecule has 0 saturated heterocycles. The van der Waals surface area contributed by atoms with Gasteiger partial charge in [-0.05, 0) is 12.8 Å². The summed E-state index contributed by atoms with van der Waals surface area (Å²) in [6.45, 7) is 0.344. The number of unbranched alkanes of at least 4 members (excludes halogenated alkanes) is 13. The molecular formula is C17H34O3. The molecule has 0 aliphatic rings. The lowest BCUT2D eigenvalue weighted by molar-refractivity contribution is -0.137. The Morgan fingerprint density at radius 1 is 0.550 bits per heavy atom. The van der Waals surface area contributed by atoms with Crippen LogP contribution in [-0.4, -0.2) is 22.8 Å². The molecule has 3 heteroatoms. The van der Waals surface area contributed by atoms with Gasteiger partial charge in [0.25, 0.3) is 0 Å². The minimum absolute atomic E-state index is 0.332. The molecule has 120 valence electrons. The molecule has 20 heavy (non-hydrogen) atoms. The summed E-state index contributed by atoms with van der Waals surface area (Å²) in [6.07, 6.45) is 17.5. The third-order valence-electron chi connectivity index (χ3n) is 3.80. The zero-order chi connectivity index (χ0) is 14.9. The molecule has 0 atom stereocenters. The van der Waals surface area contributed by atoms with Gasteiger partial charge in [-0.25, -0.2) is 0 Å². The van der Waals surface area contributed by atoms with Gasteiger partial charge in [-0.3, -0.25) is 4.79 Å². The van der Waals surface area contributed by atoms with E-state index in [-0.39, 0.29) is 0 Å². The van der Waals surface area contributed by atoms with Crippen molar-refractivity contribution in [1.29, 1.82) is 0 Å². The van der Waals surface area contributed by atoms with Gasteiger partial charge >= 0.3 is 5.97 Å². The van der Waals surface area contributed by atoms with Gasteiger partial charge in [0.05, 0.1) is 0 Å². The van der Waals surface area contributed by atoms with E-state index in [9.17, 15) is 4.79 Å². The lowest BCUT2D eigenvalue weighted by Gasteiger charge is -2.03. The fourth-order valence-electron chi connectivity index (χ4n) is 2.51. The molecule has 0 fully saturated rings. The molecule has 2 N–H and O–H groups in total. The van der Waals surface area contributed by atoms with Crippen molar-refractivity contribution in [3.63, 3.8) is 0 Å². The van der Waals surface area contributed by atoms with Crippen molar-refractivity contribution in [3.05, 3.63) is 0 Å². The van der Waals surface area contributed by atoms with Gasteiger partial charge in [0.2, 0.25) is 0 Å². The summed E-state index contributed by atoms with van der Waals surface area (Å²) in [6, 6.07) is 0. The number of aliphatic hydroxyl groups excluding tert-OH is 1. The van der Waals surface area contributed by atoms with Gasteiger partial charge in [0.1, 0.15) is 0 Å². The Kier molecular flexibility index (Phi) is 16.0. The Hall–Kier alpha value is -0.570. The number of carbonyl (C=O) groups is 1. The van der Waals surface area contributed by atoms with Crippen molar-refractivity contribution in [2.45, 2.75) is 96.3 Å². The summed E-state index contributed by atoms with van der Waals surface area (Å²) in [4.78, 5) is 10.3. The number of rotatable bonds is 16.